The number of rotatable bonds is 16. The molecule has 0 saturated carbocycles. The molecule has 0 radical (unpaired) electrons. The van der Waals surface area contributed by atoms with Gasteiger partial charge in [0, 0.05) is 31.1 Å². The standard InChI is InChI=1S/C13H20N2O3.C7H14OS2.C5H10N2O2/c1-14-7-13(16)15-12-5-10(8-17-2)4-11(6-12)9-18-3;1-7(2,10-9-3)5-4-6-8;1-6-4-5(9)7-2-3-8/h4-6,14H,7-9H2,1-3H3,(H,15,16);6H,4-5H2,1-3H3;3,6H,2,4H2,1H3,(H,7,9). The highest BCUT2D eigenvalue weighted by Gasteiger charge is 2.16. The fraction of sp³-hybridized carbons (Fsp3) is 0.600. The molecule has 1 rings (SSSR count). The minimum atomic E-state index is -0.162. The monoisotopic (exact) mass is 560 g/mol. The first kappa shape index (κ1) is 37.2. The second-order valence-corrected chi connectivity index (χ2v) is 11.3. The molecule has 0 bridgehead atoms. The average molecular weight is 561 g/mol. The molecule has 2 amide bonds. The van der Waals surface area contributed by atoms with E-state index in [-0.39, 0.29) is 36.2 Å². The number of hydrogen-bond acceptors (Lipinski definition) is 10. The molecule has 0 aliphatic carbocycles. The molecular formula is C25H44N4O6S2. The third-order valence-corrected chi connectivity index (χ3v) is 6.86. The van der Waals surface area contributed by atoms with Crippen molar-refractivity contribution in [2.75, 3.05) is 59.5 Å². The van der Waals surface area contributed by atoms with Gasteiger partial charge in [-0.1, -0.05) is 27.7 Å². The summed E-state index contributed by atoms with van der Waals surface area (Å²) in [6.45, 7) is 5.98. The summed E-state index contributed by atoms with van der Waals surface area (Å²) in [6, 6.07) is 5.80. The molecule has 0 aromatic heterocycles. The second kappa shape index (κ2) is 24.4. The Balaban J connectivity index is 0. The smallest absolute Gasteiger partial charge is 0.238 e. The Kier molecular flexibility index (Phi) is 24.5. The van der Waals surface area contributed by atoms with Gasteiger partial charge < -0.3 is 40.3 Å². The summed E-state index contributed by atoms with van der Waals surface area (Å²) >= 11 is 0. The van der Waals surface area contributed by atoms with E-state index in [4.69, 9.17) is 9.47 Å². The van der Waals surface area contributed by atoms with Crippen LogP contribution in [0.3, 0.4) is 0 Å². The van der Waals surface area contributed by atoms with Crippen LogP contribution in [0.4, 0.5) is 5.69 Å². The van der Waals surface area contributed by atoms with Crippen LogP contribution in [0.5, 0.6) is 0 Å². The minimum absolute atomic E-state index is 0.0737. The molecular weight excluding hydrogens is 516 g/mol. The Morgan fingerprint density at radius 2 is 1.46 bits per heavy atom. The van der Waals surface area contributed by atoms with E-state index in [1.54, 1.807) is 39.1 Å². The molecule has 0 aliphatic heterocycles. The second-order valence-electron chi connectivity index (χ2n) is 8.20. The molecule has 0 saturated heterocycles. The molecule has 0 atom stereocenters. The van der Waals surface area contributed by atoms with Crippen LogP contribution in [-0.4, -0.2) is 83.3 Å². The first-order valence-corrected chi connectivity index (χ1v) is 14.2. The van der Waals surface area contributed by atoms with Crippen LogP contribution in [0.15, 0.2) is 18.2 Å². The van der Waals surface area contributed by atoms with Crippen LogP contribution in [-0.2, 0) is 41.9 Å². The number of anilines is 1. The van der Waals surface area contributed by atoms with Gasteiger partial charge in [0.1, 0.15) is 12.6 Å². The van der Waals surface area contributed by atoms with Crippen LogP contribution in [0.1, 0.15) is 37.8 Å². The maximum absolute atomic E-state index is 11.5. The van der Waals surface area contributed by atoms with Crippen molar-refractivity contribution in [3.8, 4) is 0 Å². The zero-order chi connectivity index (χ0) is 28.5. The van der Waals surface area contributed by atoms with E-state index < -0.39 is 0 Å². The molecule has 37 heavy (non-hydrogen) atoms. The molecule has 0 unspecified atom stereocenters. The lowest BCUT2D eigenvalue weighted by atomic mass is 10.1. The number of ether oxygens (including phenoxy) is 2. The van der Waals surface area contributed by atoms with Crippen LogP contribution < -0.4 is 21.3 Å². The minimum Gasteiger partial charge on any atom is -0.380 e. The Bertz CT molecular complexity index is 757. The fourth-order valence-corrected chi connectivity index (χ4v) is 5.01. The van der Waals surface area contributed by atoms with Gasteiger partial charge in [-0.25, -0.2) is 0 Å². The zero-order valence-electron chi connectivity index (χ0n) is 23.1. The van der Waals surface area contributed by atoms with Crippen LogP contribution in [0.25, 0.3) is 0 Å². The summed E-state index contributed by atoms with van der Waals surface area (Å²) in [5, 5.41) is 10.6. The van der Waals surface area contributed by atoms with Crippen molar-refractivity contribution in [3.05, 3.63) is 29.3 Å². The highest BCUT2D eigenvalue weighted by molar-refractivity contribution is 8.76. The lowest BCUT2D eigenvalue weighted by Gasteiger charge is -2.20. The normalized spacial score (nSPS) is 10.2. The van der Waals surface area contributed by atoms with Crippen molar-refractivity contribution in [1.29, 1.82) is 0 Å². The van der Waals surface area contributed by atoms with Crippen molar-refractivity contribution in [1.82, 2.24) is 16.0 Å². The maximum atomic E-state index is 11.5. The quantitative estimate of drug-likeness (QED) is 0.176. The van der Waals surface area contributed by atoms with Crippen molar-refractivity contribution in [3.63, 3.8) is 0 Å². The lowest BCUT2D eigenvalue weighted by molar-refractivity contribution is -0.121. The van der Waals surface area contributed by atoms with Crippen LogP contribution in [0, 0.1) is 0 Å². The number of amides is 2. The molecule has 4 N–H and O–H groups in total. The van der Waals surface area contributed by atoms with Gasteiger partial charge in [-0.15, -0.1) is 0 Å². The Morgan fingerprint density at radius 1 is 0.919 bits per heavy atom. The molecule has 0 aliphatic rings. The third kappa shape index (κ3) is 22.9. The van der Waals surface area contributed by atoms with E-state index in [2.05, 4.69) is 41.4 Å². The molecule has 1 aromatic carbocycles. The highest BCUT2D eigenvalue weighted by atomic mass is 33.1. The summed E-state index contributed by atoms with van der Waals surface area (Å²) in [5.74, 6) is -0.236. The van der Waals surface area contributed by atoms with Gasteiger partial charge in [-0.2, -0.15) is 0 Å². The first-order valence-electron chi connectivity index (χ1n) is 11.7. The van der Waals surface area contributed by atoms with Crippen molar-refractivity contribution >= 4 is 51.7 Å². The summed E-state index contributed by atoms with van der Waals surface area (Å²) in [7, 11) is 10.3. The van der Waals surface area contributed by atoms with E-state index in [0.29, 0.717) is 25.9 Å². The number of carbonyl (C=O) groups excluding carboxylic acids is 4. The van der Waals surface area contributed by atoms with E-state index in [1.807, 2.05) is 29.0 Å². The predicted octanol–water partition coefficient (Wildman–Crippen LogP) is 2.41. The van der Waals surface area contributed by atoms with Gasteiger partial charge in [0.05, 0.1) is 32.8 Å². The van der Waals surface area contributed by atoms with Gasteiger partial charge in [-0.3, -0.25) is 9.59 Å². The summed E-state index contributed by atoms with van der Waals surface area (Å²) < 4.78 is 10.5. The topological polar surface area (TPSA) is 135 Å². The summed E-state index contributed by atoms with van der Waals surface area (Å²) in [4.78, 5) is 41.7. The lowest BCUT2D eigenvalue weighted by Crippen LogP contribution is -2.33. The summed E-state index contributed by atoms with van der Waals surface area (Å²) in [5.41, 5.74) is 2.77. The van der Waals surface area contributed by atoms with E-state index in [1.165, 1.54) is 0 Å². The number of hydrogen-bond donors (Lipinski definition) is 4. The average Bonchev–Trinajstić information content (AvgIpc) is 2.83. The highest BCUT2D eigenvalue weighted by Crippen LogP contribution is 2.36. The van der Waals surface area contributed by atoms with E-state index >= 15 is 0 Å². The largest absolute Gasteiger partial charge is 0.380 e. The zero-order valence-corrected chi connectivity index (χ0v) is 24.7. The van der Waals surface area contributed by atoms with E-state index in [0.717, 1.165) is 29.5 Å². The number of carbonyl (C=O) groups is 4. The van der Waals surface area contributed by atoms with Crippen molar-refractivity contribution in [2.45, 2.75) is 44.6 Å². The Labute approximate surface area is 229 Å². The predicted molar refractivity (Wildman–Crippen MR) is 154 cm³/mol. The Hall–Kier alpha value is -1.96. The number of benzene rings is 1. The number of aldehydes is 2. The molecule has 0 spiro atoms. The van der Waals surface area contributed by atoms with Crippen molar-refractivity contribution in [2.24, 2.45) is 0 Å². The van der Waals surface area contributed by atoms with Gasteiger partial charge in [-0.05, 0) is 63.9 Å². The van der Waals surface area contributed by atoms with Crippen molar-refractivity contribution < 1.29 is 28.7 Å². The van der Waals surface area contributed by atoms with E-state index in [9.17, 15) is 19.2 Å². The maximum Gasteiger partial charge on any atom is 0.238 e. The molecule has 212 valence electrons. The SMILES string of the molecule is CNCC(=O)NCC=O.CNCC(=O)Nc1cc(COC)cc(COC)c1.CSSC(C)(C)CCC=O. The molecule has 12 heteroatoms. The number of methoxy groups -OCH3 is 2. The van der Waals surface area contributed by atoms with Crippen LogP contribution in [0.2, 0.25) is 0 Å². The molecule has 1 aromatic rings. The fourth-order valence-electron chi connectivity index (χ4n) is 2.75. The van der Waals surface area contributed by atoms with Gasteiger partial charge in [0.15, 0.2) is 0 Å². The Morgan fingerprint density at radius 3 is 1.89 bits per heavy atom. The van der Waals surface area contributed by atoms with Gasteiger partial charge in [0.2, 0.25) is 11.8 Å². The number of likely N-dealkylation sites (N-methyl/N-ethyl adjacent to an activating group) is 2. The molecule has 0 heterocycles. The number of nitrogens with one attached hydrogen (secondary N) is 4. The van der Waals surface area contributed by atoms with Crippen LogP contribution >= 0.6 is 21.6 Å². The first-order chi connectivity index (χ1) is 17.6. The van der Waals surface area contributed by atoms with Gasteiger partial charge in [0.25, 0.3) is 0 Å². The summed E-state index contributed by atoms with van der Waals surface area (Å²) in [6.07, 6.45) is 5.35. The molecule has 10 nitrogen and oxygen atoms in total. The molecule has 0 fully saturated rings. The van der Waals surface area contributed by atoms with Gasteiger partial charge >= 0.3 is 0 Å². The third-order valence-electron chi connectivity index (χ3n) is 4.19.